The van der Waals surface area contributed by atoms with Crippen LogP contribution in [0.2, 0.25) is 0 Å². The maximum atomic E-state index is 12.6. The van der Waals surface area contributed by atoms with Gasteiger partial charge in [0.15, 0.2) is 0 Å². The van der Waals surface area contributed by atoms with Crippen molar-refractivity contribution in [1.29, 1.82) is 0 Å². The number of anilines is 1. The van der Waals surface area contributed by atoms with Crippen LogP contribution in [0.5, 0.6) is 0 Å². The minimum Gasteiger partial charge on any atom is -0.478 e. The van der Waals surface area contributed by atoms with E-state index in [4.69, 9.17) is 5.11 Å². The zero-order valence-electron chi connectivity index (χ0n) is 12.7. The molecule has 0 aliphatic carbocycles. The number of carbonyl (C=O) groups excluding carboxylic acids is 1. The zero-order valence-corrected chi connectivity index (χ0v) is 12.7. The van der Waals surface area contributed by atoms with Gasteiger partial charge in [0.05, 0.1) is 22.5 Å². The Morgan fingerprint density at radius 2 is 2.09 bits per heavy atom. The largest absolute Gasteiger partial charge is 0.478 e. The van der Waals surface area contributed by atoms with E-state index in [1.807, 2.05) is 0 Å². The van der Waals surface area contributed by atoms with Gasteiger partial charge in [-0.25, -0.2) is 4.79 Å². The first-order valence-corrected chi connectivity index (χ1v) is 6.88. The Bertz CT molecular complexity index is 785. The molecule has 116 valence electrons. The van der Waals surface area contributed by atoms with Crippen LogP contribution in [0.4, 0.5) is 5.69 Å². The molecule has 1 aromatic rings. The topological polar surface area (TPSA) is 70.0 Å². The first-order valence-electron chi connectivity index (χ1n) is 6.88. The fraction of sp³-hybridized carbons (Fsp3) is 0.0556. The number of carboxylic acids is 1. The summed E-state index contributed by atoms with van der Waals surface area (Å²) < 4.78 is 0. The van der Waals surface area contributed by atoms with Crippen molar-refractivity contribution in [3.05, 3.63) is 78.4 Å². The number of hydrazone groups is 1. The van der Waals surface area contributed by atoms with Crippen LogP contribution in [0.25, 0.3) is 0 Å². The number of amides is 1. The molecule has 1 aliphatic heterocycles. The molecule has 1 aromatic carbocycles. The maximum absolute atomic E-state index is 12.6. The molecule has 0 spiro atoms. The van der Waals surface area contributed by atoms with E-state index in [9.17, 15) is 9.59 Å². The van der Waals surface area contributed by atoms with Gasteiger partial charge in [-0.1, -0.05) is 37.5 Å². The molecule has 0 unspecified atom stereocenters. The lowest BCUT2D eigenvalue weighted by Gasteiger charge is -2.12. The van der Waals surface area contributed by atoms with E-state index >= 15 is 0 Å². The molecule has 5 heteroatoms. The Labute approximate surface area is 134 Å². The lowest BCUT2D eigenvalue weighted by Crippen LogP contribution is -2.21. The van der Waals surface area contributed by atoms with Crippen molar-refractivity contribution in [2.24, 2.45) is 5.10 Å². The second kappa shape index (κ2) is 6.70. The molecule has 0 fully saturated rings. The Balaban J connectivity index is 2.41. The third kappa shape index (κ3) is 3.35. The summed E-state index contributed by atoms with van der Waals surface area (Å²) in [7, 11) is 0. The van der Waals surface area contributed by atoms with Gasteiger partial charge in [-0.15, -0.1) is 0 Å². The average Bonchev–Trinajstić information content (AvgIpc) is 2.82. The van der Waals surface area contributed by atoms with Gasteiger partial charge in [0.25, 0.3) is 5.91 Å². The van der Waals surface area contributed by atoms with Gasteiger partial charge in [0, 0.05) is 0 Å². The summed E-state index contributed by atoms with van der Waals surface area (Å²) in [5.41, 5.74) is 2.22. The fourth-order valence-corrected chi connectivity index (χ4v) is 2.11. The molecule has 0 saturated heterocycles. The number of allylic oxidation sites excluding steroid dienone is 5. The molecule has 23 heavy (non-hydrogen) atoms. The normalized spacial score (nSPS) is 16.5. The summed E-state index contributed by atoms with van der Waals surface area (Å²) in [6, 6.07) is 6.08. The number of nitrogens with zero attached hydrogens (tertiary/aromatic N) is 2. The molecule has 1 aliphatic rings. The third-order valence-electron chi connectivity index (χ3n) is 3.26. The lowest BCUT2D eigenvalue weighted by atomic mass is 10.1. The predicted octanol–water partition coefficient (Wildman–Crippen LogP) is 3.33. The van der Waals surface area contributed by atoms with Crippen molar-refractivity contribution in [1.82, 2.24) is 0 Å². The molecule has 5 nitrogen and oxygen atoms in total. The van der Waals surface area contributed by atoms with Gasteiger partial charge in [-0.2, -0.15) is 10.1 Å². The van der Waals surface area contributed by atoms with Crippen LogP contribution in [0.3, 0.4) is 0 Å². The molecule has 0 aromatic heterocycles. The highest BCUT2D eigenvalue weighted by Crippen LogP contribution is 2.25. The van der Waals surface area contributed by atoms with Crippen LogP contribution in [-0.2, 0) is 4.79 Å². The number of rotatable bonds is 5. The molecular formula is C18H16N2O3. The zero-order chi connectivity index (χ0) is 17.0. The minimum atomic E-state index is -1.06. The molecular weight excluding hydrogens is 292 g/mol. The number of carboxylic acid groups (broad SMARTS) is 1. The van der Waals surface area contributed by atoms with E-state index in [0.29, 0.717) is 17.0 Å². The van der Waals surface area contributed by atoms with E-state index in [-0.39, 0.29) is 11.5 Å². The summed E-state index contributed by atoms with van der Waals surface area (Å²) in [5, 5.41) is 14.5. The first kappa shape index (κ1) is 16.2. The highest BCUT2D eigenvalue weighted by molar-refractivity contribution is 6.30. The molecule has 1 N–H and O–H groups in total. The van der Waals surface area contributed by atoms with Crippen molar-refractivity contribution in [3.8, 4) is 0 Å². The molecule has 1 heterocycles. The van der Waals surface area contributed by atoms with Crippen molar-refractivity contribution < 1.29 is 14.7 Å². The monoisotopic (exact) mass is 308 g/mol. The minimum absolute atomic E-state index is 0.0962. The van der Waals surface area contributed by atoms with Crippen molar-refractivity contribution in [2.75, 3.05) is 5.01 Å². The van der Waals surface area contributed by atoms with Crippen LogP contribution < -0.4 is 5.01 Å². The smallest absolute Gasteiger partial charge is 0.335 e. The van der Waals surface area contributed by atoms with Gasteiger partial charge >= 0.3 is 5.97 Å². The number of aromatic carboxylic acids is 1. The SMILES string of the molecule is C=C/C=C(C=C)/C=C1/C(=O)N(c2cccc(C(=O)O)c2)N=C1C. The van der Waals surface area contributed by atoms with Crippen LogP contribution in [0.1, 0.15) is 17.3 Å². The number of benzene rings is 1. The summed E-state index contributed by atoms with van der Waals surface area (Å²) in [6.45, 7) is 9.03. The van der Waals surface area contributed by atoms with Gasteiger partial charge in [0.1, 0.15) is 0 Å². The lowest BCUT2D eigenvalue weighted by molar-refractivity contribution is -0.114. The third-order valence-corrected chi connectivity index (χ3v) is 3.26. The van der Waals surface area contributed by atoms with Gasteiger partial charge < -0.3 is 5.11 Å². The molecule has 1 amide bonds. The summed E-state index contributed by atoms with van der Waals surface area (Å²) in [5.74, 6) is -1.38. The average molecular weight is 308 g/mol. The maximum Gasteiger partial charge on any atom is 0.335 e. The van der Waals surface area contributed by atoms with Crippen molar-refractivity contribution in [3.63, 3.8) is 0 Å². The van der Waals surface area contributed by atoms with Crippen molar-refractivity contribution >= 4 is 23.3 Å². The summed E-state index contributed by atoms with van der Waals surface area (Å²) in [6.07, 6.45) is 6.63. The summed E-state index contributed by atoms with van der Waals surface area (Å²) >= 11 is 0. The van der Waals surface area contributed by atoms with Gasteiger partial charge in [0.2, 0.25) is 0 Å². The van der Waals surface area contributed by atoms with E-state index in [1.54, 1.807) is 43.4 Å². The van der Waals surface area contributed by atoms with Gasteiger partial charge in [-0.05, 0) is 36.8 Å². The standard InChI is InChI=1S/C18H16N2O3/c1-4-7-13(5-2)10-16-12(3)19-20(17(16)21)15-9-6-8-14(11-15)18(22)23/h4-11H,1-2H2,3H3,(H,22,23)/b13-7+,16-10+. The summed E-state index contributed by atoms with van der Waals surface area (Å²) in [4.78, 5) is 23.6. The van der Waals surface area contributed by atoms with Crippen LogP contribution in [0, 0.1) is 0 Å². The molecule has 0 saturated carbocycles. The molecule has 0 atom stereocenters. The quantitative estimate of drug-likeness (QED) is 0.670. The number of carbonyl (C=O) groups is 2. The Hall–Kier alpha value is -3.21. The van der Waals surface area contributed by atoms with E-state index < -0.39 is 5.97 Å². The highest BCUT2D eigenvalue weighted by Gasteiger charge is 2.29. The first-order chi connectivity index (χ1) is 11.0. The predicted molar refractivity (Wildman–Crippen MR) is 90.6 cm³/mol. The molecule has 2 rings (SSSR count). The van der Waals surface area contributed by atoms with Crippen molar-refractivity contribution in [2.45, 2.75) is 6.92 Å². The molecule has 0 bridgehead atoms. The van der Waals surface area contributed by atoms with E-state index in [1.165, 1.54) is 17.1 Å². The Morgan fingerprint density at radius 1 is 1.35 bits per heavy atom. The number of hydrogen-bond acceptors (Lipinski definition) is 3. The highest BCUT2D eigenvalue weighted by atomic mass is 16.4. The van der Waals surface area contributed by atoms with Crippen LogP contribution in [0.15, 0.2) is 78.0 Å². The Kier molecular flexibility index (Phi) is 4.71. The molecule has 0 radical (unpaired) electrons. The fourth-order valence-electron chi connectivity index (χ4n) is 2.11. The van der Waals surface area contributed by atoms with Gasteiger partial charge in [-0.3, -0.25) is 4.79 Å². The Morgan fingerprint density at radius 3 is 2.70 bits per heavy atom. The number of hydrogen-bond donors (Lipinski definition) is 1. The van der Waals surface area contributed by atoms with Crippen LogP contribution in [-0.4, -0.2) is 22.7 Å². The second-order valence-electron chi connectivity index (χ2n) is 4.82. The second-order valence-corrected chi connectivity index (χ2v) is 4.82. The van der Waals surface area contributed by atoms with Crippen LogP contribution >= 0.6 is 0 Å². The van der Waals surface area contributed by atoms with E-state index in [2.05, 4.69) is 18.3 Å². The van der Waals surface area contributed by atoms with E-state index in [0.717, 1.165) is 5.57 Å².